The van der Waals surface area contributed by atoms with Crippen molar-refractivity contribution in [2.75, 3.05) is 31.2 Å². The highest BCUT2D eigenvalue weighted by molar-refractivity contribution is 5.51. The first kappa shape index (κ1) is 14.3. The van der Waals surface area contributed by atoms with Gasteiger partial charge in [-0.2, -0.15) is 0 Å². The molecule has 1 N–H and O–H groups in total. The zero-order valence-electron chi connectivity index (χ0n) is 12.0. The van der Waals surface area contributed by atoms with Crippen molar-refractivity contribution in [2.24, 2.45) is 0 Å². The Hall–Kier alpha value is -1.13. The number of hydrogen-bond donors (Lipinski definition) is 1. The molecule has 0 bridgehead atoms. The monoisotopic (exact) mass is 266 g/mol. The highest BCUT2D eigenvalue weighted by atomic mass is 19.1. The first-order valence-electron chi connectivity index (χ1n) is 6.89. The number of hydrogen-bond acceptors (Lipinski definition) is 3. The molecular formula is C15H23FN2O. The summed E-state index contributed by atoms with van der Waals surface area (Å²) in [6.45, 7) is 9.82. The van der Waals surface area contributed by atoms with Crippen LogP contribution in [0.2, 0.25) is 0 Å². The lowest BCUT2D eigenvalue weighted by atomic mass is 10.0. The van der Waals surface area contributed by atoms with Crippen LogP contribution in [0.5, 0.6) is 0 Å². The first-order chi connectivity index (χ1) is 9.04. The molecule has 1 aliphatic heterocycles. The number of halogens is 1. The molecule has 0 spiro atoms. The van der Waals surface area contributed by atoms with Gasteiger partial charge in [0.2, 0.25) is 0 Å². The molecule has 1 aliphatic rings. The Balaban J connectivity index is 2.20. The number of anilines is 1. The maximum absolute atomic E-state index is 14.3. The molecule has 106 valence electrons. The summed E-state index contributed by atoms with van der Waals surface area (Å²) in [5, 5.41) is 3.21. The SMILES string of the molecule is CCNCc1ccc(N2CCOCC2(C)C)c(F)c1. The lowest BCUT2D eigenvalue weighted by Crippen LogP contribution is -2.53. The van der Waals surface area contributed by atoms with Gasteiger partial charge in [0, 0.05) is 13.1 Å². The molecule has 0 atom stereocenters. The van der Waals surface area contributed by atoms with Gasteiger partial charge in [0.1, 0.15) is 5.82 Å². The Morgan fingerprint density at radius 2 is 2.21 bits per heavy atom. The third-order valence-corrected chi connectivity index (χ3v) is 3.53. The minimum atomic E-state index is -0.164. The van der Waals surface area contributed by atoms with E-state index in [2.05, 4.69) is 24.1 Å². The van der Waals surface area contributed by atoms with Crippen molar-refractivity contribution in [1.29, 1.82) is 0 Å². The standard InChI is InChI=1S/C15H23FN2O/c1-4-17-10-12-5-6-14(13(16)9-12)18-7-8-19-11-15(18,2)3/h5-6,9,17H,4,7-8,10-11H2,1-3H3. The van der Waals surface area contributed by atoms with Crippen molar-refractivity contribution >= 4 is 5.69 Å². The Labute approximate surface area is 114 Å². The second kappa shape index (κ2) is 5.88. The van der Waals surface area contributed by atoms with Crippen LogP contribution in [0.1, 0.15) is 26.3 Å². The predicted molar refractivity (Wildman–Crippen MR) is 76.0 cm³/mol. The van der Waals surface area contributed by atoms with Crippen LogP contribution in [0, 0.1) is 5.82 Å². The van der Waals surface area contributed by atoms with Gasteiger partial charge in [-0.25, -0.2) is 4.39 Å². The van der Waals surface area contributed by atoms with E-state index in [1.54, 1.807) is 6.07 Å². The fraction of sp³-hybridized carbons (Fsp3) is 0.600. The minimum absolute atomic E-state index is 0.148. The van der Waals surface area contributed by atoms with E-state index in [1.807, 2.05) is 19.1 Å². The lowest BCUT2D eigenvalue weighted by molar-refractivity contribution is 0.0640. The van der Waals surface area contributed by atoms with E-state index in [1.165, 1.54) is 0 Å². The summed E-state index contributed by atoms with van der Waals surface area (Å²) < 4.78 is 19.8. The molecule has 0 aromatic heterocycles. The molecule has 3 nitrogen and oxygen atoms in total. The molecule has 19 heavy (non-hydrogen) atoms. The van der Waals surface area contributed by atoms with Crippen LogP contribution in [0.15, 0.2) is 18.2 Å². The smallest absolute Gasteiger partial charge is 0.146 e. The average molecular weight is 266 g/mol. The summed E-state index contributed by atoms with van der Waals surface area (Å²) in [6.07, 6.45) is 0. The van der Waals surface area contributed by atoms with Crippen LogP contribution in [-0.4, -0.2) is 31.8 Å². The largest absolute Gasteiger partial charge is 0.377 e. The van der Waals surface area contributed by atoms with Crippen molar-refractivity contribution in [1.82, 2.24) is 5.32 Å². The zero-order valence-corrected chi connectivity index (χ0v) is 12.0. The number of nitrogens with zero attached hydrogens (tertiary/aromatic N) is 1. The Bertz CT molecular complexity index is 434. The second-order valence-corrected chi connectivity index (χ2v) is 5.58. The van der Waals surface area contributed by atoms with Crippen LogP contribution < -0.4 is 10.2 Å². The third-order valence-electron chi connectivity index (χ3n) is 3.53. The predicted octanol–water partition coefficient (Wildman–Crippen LogP) is 2.55. The van der Waals surface area contributed by atoms with Crippen molar-refractivity contribution in [2.45, 2.75) is 32.9 Å². The molecule has 4 heteroatoms. The molecule has 0 amide bonds. The molecule has 2 rings (SSSR count). The summed E-state index contributed by atoms with van der Waals surface area (Å²) in [5.41, 5.74) is 1.49. The quantitative estimate of drug-likeness (QED) is 0.906. The van der Waals surface area contributed by atoms with Crippen LogP contribution in [-0.2, 0) is 11.3 Å². The van der Waals surface area contributed by atoms with E-state index in [0.717, 1.165) is 18.7 Å². The summed E-state index contributed by atoms with van der Waals surface area (Å²) in [4.78, 5) is 2.10. The van der Waals surface area contributed by atoms with Crippen molar-refractivity contribution in [3.8, 4) is 0 Å². The Morgan fingerprint density at radius 1 is 1.42 bits per heavy atom. The lowest BCUT2D eigenvalue weighted by Gasteiger charge is -2.43. The number of ether oxygens (including phenoxy) is 1. The molecule has 1 heterocycles. The molecule has 0 radical (unpaired) electrons. The highest BCUT2D eigenvalue weighted by Gasteiger charge is 2.32. The van der Waals surface area contributed by atoms with E-state index in [4.69, 9.17) is 4.74 Å². The van der Waals surface area contributed by atoms with E-state index < -0.39 is 0 Å². The van der Waals surface area contributed by atoms with Crippen LogP contribution >= 0.6 is 0 Å². The molecule has 1 aromatic rings. The van der Waals surface area contributed by atoms with Gasteiger partial charge >= 0.3 is 0 Å². The normalized spacial score (nSPS) is 18.6. The molecule has 0 unspecified atom stereocenters. The maximum atomic E-state index is 14.3. The molecule has 0 saturated carbocycles. The Kier molecular flexibility index (Phi) is 4.42. The fourth-order valence-corrected chi connectivity index (χ4v) is 2.45. The van der Waals surface area contributed by atoms with Crippen molar-refractivity contribution in [3.05, 3.63) is 29.6 Å². The zero-order chi connectivity index (χ0) is 13.9. The first-order valence-corrected chi connectivity index (χ1v) is 6.89. The van der Waals surface area contributed by atoms with Gasteiger partial charge in [0.25, 0.3) is 0 Å². The number of nitrogens with one attached hydrogen (secondary N) is 1. The van der Waals surface area contributed by atoms with E-state index >= 15 is 0 Å². The van der Waals surface area contributed by atoms with Gasteiger partial charge in [-0.15, -0.1) is 0 Å². The summed E-state index contributed by atoms with van der Waals surface area (Å²) in [5.74, 6) is -0.148. The molecule has 0 aliphatic carbocycles. The van der Waals surface area contributed by atoms with Crippen LogP contribution in [0.4, 0.5) is 10.1 Å². The van der Waals surface area contributed by atoms with Gasteiger partial charge in [-0.3, -0.25) is 0 Å². The van der Waals surface area contributed by atoms with Gasteiger partial charge in [0.05, 0.1) is 24.4 Å². The maximum Gasteiger partial charge on any atom is 0.146 e. The van der Waals surface area contributed by atoms with Crippen molar-refractivity contribution < 1.29 is 9.13 Å². The van der Waals surface area contributed by atoms with E-state index in [0.29, 0.717) is 25.4 Å². The number of benzene rings is 1. The van der Waals surface area contributed by atoms with E-state index in [9.17, 15) is 4.39 Å². The van der Waals surface area contributed by atoms with Crippen LogP contribution in [0.3, 0.4) is 0 Å². The molecular weight excluding hydrogens is 243 g/mol. The average Bonchev–Trinajstić information content (AvgIpc) is 2.37. The minimum Gasteiger partial charge on any atom is -0.377 e. The van der Waals surface area contributed by atoms with Crippen LogP contribution in [0.25, 0.3) is 0 Å². The summed E-state index contributed by atoms with van der Waals surface area (Å²) in [6, 6.07) is 5.51. The number of morpholine rings is 1. The van der Waals surface area contributed by atoms with Gasteiger partial charge in [-0.05, 0) is 38.1 Å². The molecule has 1 saturated heterocycles. The highest BCUT2D eigenvalue weighted by Crippen LogP contribution is 2.29. The summed E-state index contributed by atoms with van der Waals surface area (Å²) in [7, 11) is 0. The summed E-state index contributed by atoms with van der Waals surface area (Å²) >= 11 is 0. The van der Waals surface area contributed by atoms with Crippen molar-refractivity contribution in [3.63, 3.8) is 0 Å². The van der Waals surface area contributed by atoms with E-state index in [-0.39, 0.29) is 11.4 Å². The van der Waals surface area contributed by atoms with Gasteiger partial charge in [-0.1, -0.05) is 13.0 Å². The van der Waals surface area contributed by atoms with Gasteiger partial charge < -0.3 is 15.0 Å². The third kappa shape index (κ3) is 3.25. The molecule has 1 fully saturated rings. The second-order valence-electron chi connectivity index (χ2n) is 5.58. The van der Waals surface area contributed by atoms with Gasteiger partial charge in [0.15, 0.2) is 0 Å². The Morgan fingerprint density at radius 3 is 2.84 bits per heavy atom. The molecule has 1 aromatic carbocycles. The fourth-order valence-electron chi connectivity index (χ4n) is 2.45. The topological polar surface area (TPSA) is 24.5 Å². The number of rotatable bonds is 4.